The Bertz CT molecular complexity index is 477. The SMILES string of the molecule is NC1(CC(=O)N2CCC(Oc3ccccc3)CC2)CCC1. The van der Waals surface area contributed by atoms with Crippen molar-refractivity contribution in [1.82, 2.24) is 4.90 Å². The van der Waals surface area contributed by atoms with E-state index in [1.807, 2.05) is 35.2 Å². The molecule has 2 N–H and O–H groups in total. The highest BCUT2D eigenvalue weighted by molar-refractivity contribution is 5.77. The van der Waals surface area contributed by atoms with Gasteiger partial charge in [0.15, 0.2) is 0 Å². The van der Waals surface area contributed by atoms with Crippen molar-refractivity contribution in [3.05, 3.63) is 30.3 Å². The largest absolute Gasteiger partial charge is 0.490 e. The number of benzene rings is 1. The van der Waals surface area contributed by atoms with Gasteiger partial charge in [-0.15, -0.1) is 0 Å². The summed E-state index contributed by atoms with van der Waals surface area (Å²) in [4.78, 5) is 14.2. The van der Waals surface area contributed by atoms with E-state index in [9.17, 15) is 4.79 Å². The van der Waals surface area contributed by atoms with Gasteiger partial charge >= 0.3 is 0 Å². The Morgan fingerprint density at radius 3 is 2.48 bits per heavy atom. The van der Waals surface area contributed by atoms with Gasteiger partial charge in [-0.3, -0.25) is 4.79 Å². The molecule has 114 valence electrons. The van der Waals surface area contributed by atoms with Crippen molar-refractivity contribution in [1.29, 1.82) is 0 Å². The fourth-order valence-corrected chi connectivity index (χ4v) is 3.14. The Morgan fingerprint density at radius 1 is 1.24 bits per heavy atom. The molecular weight excluding hydrogens is 264 g/mol. The van der Waals surface area contributed by atoms with Gasteiger partial charge in [0, 0.05) is 37.9 Å². The molecule has 0 unspecified atom stereocenters. The molecule has 1 saturated heterocycles. The topological polar surface area (TPSA) is 55.6 Å². The monoisotopic (exact) mass is 288 g/mol. The molecule has 1 aliphatic heterocycles. The number of likely N-dealkylation sites (tertiary alicyclic amines) is 1. The van der Waals surface area contributed by atoms with Gasteiger partial charge in [-0.2, -0.15) is 0 Å². The highest BCUT2D eigenvalue weighted by Gasteiger charge is 2.36. The smallest absolute Gasteiger partial charge is 0.224 e. The highest BCUT2D eigenvalue weighted by atomic mass is 16.5. The number of amides is 1. The van der Waals surface area contributed by atoms with Gasteiger partial charge in [0.1, 0.15) is 11.9 Å². The summed E-state index contributed by atoms with van der Waals surface area (Å²) < 4.78 is 5.95. The summed E-state index contributed by atoms with van der Waals surface area (Å²) in [5.74, 6) is 1.13. The highest BCUT2D eigenvalue weighted by Crippen LogP contribution is 2.33. The predicted octanol–water partition coefficient (Wildman–Crippen LogP) is 2.33. The Morgan fingerprint density at radius 2 is 1.90 bits per heavy atom. The third kappa shape index (κ3) is 3.56. The van der Waals surface area contributed by atoms with E-state index in [-0.39, 0.29) is 17.6 Å². The Labute approximate surface area is 126 Å². The molecule has 1 heterocycles. The first kappa shape index (κ1) is 14.4. The summed E-state index contributed by atoms with van der Waals surface area (Å²) in [5, 5.41) is 0. The minimum Gasteiger partial charge on any atom is -0.490 e. The molecule has 1 aliphatic carbocycles. The number of ether oxygens (including phenoxy) is 1. The standard InChI is InChI=1S/C17H24N2O2/c18-17(9-4-10-17)13-16(20)19-11-7-15(8-12-19)21-14-5-2-1-3-6-14/h1-3,5-6,15H,4,7-13,18H2. The molecule has 0 radical (unpaired) electrons. The van der Waals surface area contributed by atoms with Crippen LogP contribution in [0, 0.1) is 0 Å². The van der Waals surface area contributed by atoms with Gasteiger partial charge in [0.2, 0.25) is 5.91 Å². The van der Waals surface area contributed by atoms with Crippen molar-refractivity contribution in [2.24, 2.45) is 5.73 Å². The Balaban J connectivity index is 1.45. The molecule has 2 fully saturated rings. The molecule has 0 spiro atoms. The van der Waals surface area contributed by atoms with E-state index in [1.54, 1.807) is 0 Å². The lowest BCUT2D eigenvalue weighted by atomic mass is 9.75. The van der Waals surface area contributed by atoms with Gasteiger partial charge in [-0.25, -0.2) is 0 Å². The van der Waals surface area contributed by atoms with Crippen LogP contribution in [0.4, 0.5) is 0 Å². The summed E-state index contributed by atoms with van der Waals surface area (Å²) in [6, 6.07) is 9.90. The van der Waals surface area contributed by atoms with Gasteiger partial charge < -0.3 is 15.4 Å². The van der Waals surface area contributed by atoms with Gasteiger partial charge in [-0.1, -0.05) is 18.2 Å². The quantitative estimate of drug-likeness (QED) is 0.925. The molecular formula is C17H24N2O2. The van der Waals surface area contributed by atoms with Crippen LogP contribution in [0.5, 0.6) is 5.75 Å². The van der Waals surface area contributed by atoms with Crippen LogP contribution in [0.2, 0.25) is 0 Å². The lowest BCUT2D eigenvalue weighted by molar-refractivity contribution is -0.135. The lowest BCUT2D eigenvalue weighted by Crippen LogP contribution is -2.52. The van der Waals surface area contributed by atoms with E-state index in [0.717, 1.165) is 50.9 Å². The average Bonchev–Trinajstić information content (AvgIpc) is 2.47. The van der Waals surface area contributed by atoms with Crippen molar-refractivity contribution < 1.29 is 9.53 Å². The maximum Gasteiger partial charge on any atom is 0.224 e. The molecule has 0 aromatic heterocycles. The number of hydrogen-bond acceptors (Lipinski definition) is 3. The van der Waals surface area contributed by atoms with Crippen LogP contribution in [-0.4, -0.2) is 35.5 Å². The third-order valence-corrected chi connectivity index (χ3v) is 4.69. The maximum atomic E-state index is 12.3. The zero-order valence-corrected chi connectivity index (χ0v) is 12.5. The number of piperidine rings is 1. The molecule has 1 saturated carbocycles. The van der Waals surface area contributed by atoms with Crippen LogP contribution in [0.3, 0.4) is 0 Å². The second-order valence-electron chi connectivity index (χ2n) is 6.40. The number of nitrogens with zero attached hydrogens (tertiary/aromatic N) is 1. The van der Waals surface area contributed by atoms with Crippen molar-refractivity contribution in [3.8, 4) is 5.75 Å². The van der Waals surface area contributed by atoms with Crippen LogP contribution in [-0.2, 0) is 4.79 Å². The zero-order chi connectivity index (χ0) is 14.7. The summed E-state index contributed by atoms with van der Waals surface area (Å²) in [5.41, 5.74) is 5.95. The van der Waals surface area contributed by atoms with Gasteiger partial charge in [0.25, 0.3) is 0 Å². The molecule has 3 rings (SSSR count). The summed E-state index contributed by atoms with van der Waals surface area (Å²) in [6.07, 6.45) is 5.68. The molecule has 4 nitrogen and oxygen atoms in total. The van der Waals surface area contributed by atoms with E-state index >= 15 is 0 Å². The normalized spacial score (nSPS) is 21.7. The van der Waals surface area contributed by atoms with Crippen LogP contribution in [0.1, 0.15) is 38.5 Å². The summed E-state index contributed by atoms with van der Waals surface area (Å²) in [7, 11) is 0. The Hall–Kier alpha value is -1.55. The van der Waals surface area contributed by atoms with Crippen molar-refractivity contribution in [3.63, 3.8) is 0 Å². The predicted molar refractivity (Wildman–Crippen MR) is 82.1 cm³/mol. The van der Waals surface area contributed by atoms with E-state index in [4.69, 9.17) is 10.5 Å². The third-order valence-electron chi connectivity index (χ3n) is 4.69. The minimum atomic E-state index is -0.214. The molecule has 0 bridgehead atoms. The number of para-hydroxylation sites is 1. The maximum absolute atomic E-state index is 12.3. The van der Waals surface area contributed by atoms with Crippen LogP contribution >= 0.6 is 0 Å². The molecule has 1 aromatic carbocycles. The number of hydrogen-bond donors (Lipinski definition) is 1. The number of nitrogens with two attached hydrogens (primary N) is 1. The first-order chi connectivity index (χ1) is 10.1. The van der Waals surface area contributed by atoms with Crippen LogP contribution < -0.4 is 10.5 Å². The molecule has 1 amide bonds. The first-order valence-corrected chi connectivity index (χ1v) is 7.93. The Kier molecular flexibility index (Phi) is 4.15. The fourth-order valence-electron chi connectivity index (χ4n) is 3.14. The lowest BCUT2D eigenvalue weighted by Gasteiger charge is -2.40. The second-order valence-corrected chi connectivity index (χ2v) is 6.40. The van der Waals surface area contributed by atoms with Crippen molar-refractivity contribution in [2.45, 2.75) is 50.2 Å². The molecule has 2 aliphatic rings. The van der Waals surface area contributed by atoms with Crippen molar-refractivity contribution in [2.75, 3.05) is 13.1 Å². The second kappa shape index (κ2) is 6.06. The van der Waals surface area contributed by atoms with Crippen LogP contribution in [0.15, 0.2) is 30.3 Å². The zero-order valence-electron chi connectivity index (χ0n) is 12.5. The minimum absolute atomic E-state index is 0.214. The van der Waals surface area contributed by atoms with Gasteiger partial charge in [-0.05, 0) is 31.4 Å². The fraction of sp³-hybridized carbons (Fsp3) is 0.588. The van der Waals surface area contributed by atoms with Crippen LogP contribution in [0.25, 0.3) is 0 Å². The van der Waals surface area contributed by atoms with E-state index < -0.39 is 0 Å². The summed E-state index contributed by atoms with van der Waals surface area (Å²) in [6.45, 7) is 1.57. The van der Waals surface area contributed by atoms with Gasteiger partial charge in [0.05, 0.1) is 0 Å². The molecule has 0 atom stereocenters. The van der Waals surface area contributed by atoms with E-state index in [2.05, 4.69) is 0 Å². The molecule has 21 heavy (non-hydrogen) atoms. The number of carbonyl (C=O) groups is 1. The number of rotatable bonds is 4. The molecule has 4 heteroatoms. The van der Waals surface area contributed by atoms with E-state index in [1.165, 1.54) is 0 Å². The van der Waals surface area contributed by atoms with Crippen molar-refractivity contribution >= 4 is 5.91 Å². The average molecular weight is 288 g/mol. The summed E-state index contributed by atoms with van der Waals surface area (Å²) >= 11 is 0. The molecule has 1 aromatic rings. The number of carbonyl (C=O) groups excluding carboxylic acids is 1. The first-order valence-electron chi connectivity index (χ1n) is 7.93. The van der Waals surface area contributed by atoms with E-state index in [0.29, 0.717) is 6.42 Å².